The maximum atomic E-state index is 13.2. The van der Waals surface area contributed by atoms with Gasteiger partial charge >= 0.3 is 0 Å². The third-order valence-corrected chi connectivity index (χ3v) is 3.68. The molecule has 0 bridgehead atoms. The number of nitrogens with two attached hydrogens (primary N) is 1. The number of benzene rings is 2. The number of fused-ring (bicyclic) bond motifs is 1. The third-order valence-electron chi connectivity index (χ3n) is 3.15. The molecule has 1 aromatic heterocycles. The SMILES string of the molecule is NNC(c1ccc(Br)cc1)c1cc2cc(F)ccc2o1. The standard InChI is InChI=1S/C15H12BrFN2O/c16-11-3-1-9(2-4-11)15(19-18)14-8-10-7-12(17)5-6-13(10)20-14/h1-8,15,19H,18H2. The molecule has 20 heavy (non-hydrogen) atoms. The van der Waals surface area contributed by atoms with Gasteiger partial charge in [0.15, 0.2) is 0 Å². The Labute approximate surface area is 123 Å². The largest absolute Gasteiger partial charge is 0.459 e. The first-order valence-corrected chi connectivity index (χ1v) is 6.87. The molecule has 0 aliphatic rings. The van der Waals surface area contributed by atoms with Gasteiger partial charge in [-0.3, -0.25) is 5.84 Å². The highest BCUT2D eigenvalue weighted by Gasteiger charge is 2.17. The summed E-state index contributed by atoms with van der Waals surface area (Å²) in [6.07, 6.45) is 0. The first kappa shape index (κ1) is 13.3. The fourth-order valence-corrected chi connectivity index (χ4v) is 2.44. The van der Waals surface area contributed by atoms with E-state index in [9.17, 15) is 4.39 Å². The number of nitrogens with one attached hydrogen (secondary N) is 1. The van der Waals surface area contributed by atoms with Crippen LogP contribution in [0.1, 0.15) is 17.4 Å². The lowest BCUT2D eigenvalue weighted by Gasteiger charge is -2.13. The zero-order chi connectivity index (χ0) is 14.1. The second-order valence-electron chi connectivity index (χ2n) is 4.48. The summed E-state index contributed by atoms with van der Waals surface area (Å²) in [7, 11) is 0. The topological polar surface area (TPSA) is 51.2 Å². The Morgan fingerprint density at radius 2 is 1.85 bits per heavy atom. The van der Waals surface area contributed by atoms with Crippen LogP contribution in [-0.4, -0.2) is 0 Å². The molecular weight excluding hydrogens is 323 g/mol. The highest BCUT2D eigenvalue weighted by atomic mass is 79.9. The Balaban J connectivity index is 2.04. The molecule has 1 atom stereocenters. The van der Waals surface area contributed by atoms with Crippen LogP contribution in [0.25, 0.3) is 11.0 Å². The van der Waals surface area contributed by atoms with E-state index in [-0.39, 0.29) is 11.9 Å². The quantitative estimate of drug-likeness (QED) is 0.564. The molecule has 5 heteroatoms. The van der Waals surface area contributed by atoms with Crippen LogP contribution in [0.4, 0.5) is 4.39 Å². The van der Waals surface area contributed by atoms with Crippen molar-refractivity contribution >= 4 is 26.9 Å². The van der Waals surface area contributed by atoms with E-state index >= 15 is 0 Å². The average molecular weight is 335 g/mol. The molecule has 0 fully saturated rings. The smallest absolute Gasteiger partial charge is 0.134 e. The Kier molecular flexibility index (Phi) is 3.56. The Hall–Kier alpha value is -1.69. The highest BCUT2D eigenvalue weighted by molar-refractivity contribution is 9.10. The molecule has 3 aromatic rings. The predicted molar refractivity (Wildman–Crippen MR) is 79.5 cm³/mol. The van der Waals surface area contributed by atoms with Gasteiger partial charge in [-0.15, -0.1) is 0 Å². The van der Waals surface area contributed by atoms with Crippen LogP contribution in [0.3, 0.4) is 0 Å². The van der Waals surface area contributed by atoms with Crippen molar-refractivity contribution in [2.45, 2.75) is 6.04 Å². The molecule has 0 saturated heterocycles. The number of furan rings is 1. The molecule has 0 aliphatic carbocycles. The van der Waals surface area contributed by atoms with Gasteiger partial charge < -0.3 is 4.42 Å². The van der Waals surface area contributed by atoms with Crippen LogP contribution in [0.15, 0.2) is 57.4 Å². The molecule has 2 aromatic carbocycles. The van der Waals surface area contributed by atoms with Crippen LogP contribution >= 0.6 is 15.9 Å². The van der Waals surface area contributed by atoms with Crippen LogP contribution in [0.5, 0.6) is 0 Å². The number of hydrogen-bond donors (Lipinski definition) is 2. The van der Waals surface area contributed by atoms with Crippen LogP contribution < -0.4 is 11.3 Å². The molecule has 0 radical (unpaired) electrons. The van der Waals surface area contributed by atoms with Crippen LogP contribution in [-0.2, 0) is 0 Å². The Morgan fingerprint density at radius 1 is 1.10 bits per heavy atom. The van der Waals surface area contributed by atoms with E-state index in [1.165, 1.54) is 12.1 Å². The van der Waals surface area contributed by atoms with E-state index in [1.54, 1.807) is 12.1 Å². The summed E-state index contributed by atoms with van der Waals surface area (Å²) in [4.78, 5) is 0. The van der Waals surface area contributed by atoms with Crippen molar-refractivity contribution in [1.29, 1.82) is 0 Å². The van der Waals surface area contributed by atoms with Crippen molar-refractivity contribution in [3.05, 3.63) is 70.1 Å². The van der Waals surface area contributed by atoms with E-state index in [2.05, 4.69) is 21.4 Å². The number of hydrazine groups is 1. The summed E-state index contributed by atoms with van der Waals surface area (Å²) in [5.74, 6) is 5.99. The van der Waals surface area contributed by atoms with E-state index in [0.29, 0.717) is 11.3 Å². The molecule has 0 spiro atoms. The summed E-state index contributed by atoms with van der Waals surface area (Å²) in [5.41, 5.74) is 4.33. The number of rotatable bonds is 3. The van der Waals surface area contributed by atoms with Crippen molar-refractivity contribution in [1.82, 2.24) is 5.43 Å². The van der Waals surface area contributed by atoms with Gasteiger partial charge in [-0.2, -0.15) is 0 Å². The summed E-state index contributed by atoms with van der Waals surface area (Å²) < 4.78 is 19.9. The second-order valence-corrected chi connectivity index (χ2v) is 5.40. The minimum absolute atomic E-state index is 0.279. The maximum Gasteiger partial charge on any atom is 0.134 e. The molecule has 3 rings (SSSR count). The zero-order valence-electron chi connectivity index (χ0n) is 10.4. The van der Waals surface area contributed by atoms with Crippen molar-refractivity contribution < 1.29 is 8.81 Å². The van der Waals surface area contributed by atoms with Crippen molar-refractivity contribution in [3.8, 4) is 0 Å². The molecular formula is C15H12BrFN2O. The average Bonchev–Trinajstić information content (AvgIpc) is 2.84. The molecule has 0 amide bonds. The summed E-state index contributed by atoms with van der Waals surface area (Å²) >= 11 is 3.39. The maximum absolute atomic E-state index is 13.2. The first-order chi connectivity index (χ1) is 9.67. The summed E-state index contributed by atoms with van der Waals surface area (Å²) in [5, 5.41) is 0.720. The zero-order valence-corrected chi connectivity index (χ0v) is 12.0. The predicted octanol–water partition coefficient (Wildman–Crippen LogP) is 3.89. The Morgan fingerprint density at radius 3 is 2.55 bits per heavy atom. The normalized spacial score (nSPS) is 12.8. The number of hydrogen-bond acceptors (Lipinski definition) is 3. The van der Waals surface area contributed by atoms with E-state index in [0.717, 1.165) is 15.4 Å². The van der Waals surface area contributed by atoms with E-state index < -0.39 is 0 Å². The fourth-order valence-electron chi connectivity index (χ4n) is 2.17. The van der Waals surface area contributed by atoms with Gasteiger partial charge in [0, 0.05) is 9.86 Å². The lowest BCUT2D eigenvalue weighted by molar-refractivity contribution is 0.477. The number of halogens is 2. The summed E-state index contributed by atoms with van der Waals surface area (Å²) in [6.45, 7) is 0. The lowest BCUT2D eigenvalue weighted by Crippen LogP contribution is -2.28. The minimum atomic E-state index is -0.286. The van der Waals surface area contributed by atoms with Gasteiger partial charge in [-0.1, -0.05) is 28.1 Å². The van der Waals surface area contributed by atoms with Crippen molar-refractivity contribution in [3.63, 3.8) is 0 Å². The van der Waals surface area contributed by atoms with Crippen LogP contribution in [0, 0.1) is 5.82 Å². The lowest BCUT2D eigenvalue weighted by atomic mass is 10.1. The van der Waals surface area contributed by atoms with Gasteiger partial charge in [0.05, 0.1) is 0 Å². The van der Waals surface area contributed by atoms with Gasteiger partial charge in [-0.25, -0.2) is 9.82 Å². The van der Waals surface area contributed by atoms with E-state index in [1.807, 2.05) is 24.3 Å². The third kappa shape index (κ3) is 2.47. The minimum Gasteiger partial charge on any atom is -0.459 e. The first-order valence-electron chi connectivity index (χ1n) is 6.08. The van der Waals surface area contributed by atoms with Crippen molar-refractivity contribution in [2.24, 2.45) is 5.84 Å². The van der Waals surface area contributed by atoms with Crippen LogP contribution in [0.2, 0.25) is 0 Å². The molecule has 0 aliphatic heterocycles. The van der Waals surface area contributed by atoms with Gasteiger partial charge in [0.2, 0.25) is 0 Å². The molecule has 1 heterocycles. The second kappa shape index (κ2) is 5.36. The van der Waals surface area contributed by atoms with Gasteiger partial charge in [-0.05, 0) is 42.0 Å². The molecule has 3 N–H and O–H groups in total. The molecule has 1 unspecified atom stereocenters. The molecule has 3 nitrogen and oxygen atoms in total. The van der Waals surface area contributed by atoms with Gasteiger partial charge in [0.1, 0.15) is 23.2 Å². The molecule has 102 valence electrons. The fraction of sp³-hybridized carbons (Fsp3) is 0.0667. The Bertz CT molecular complexity index is 739. The van der Waals surface area contributed by atoms with Gasteiger partial charge in [0.25, 0.3) is 0 Å². The molecule has 0 saturated carbocycles. The van der Waals surface area contributed by atoms with Crippen molar-refractivity contribution in [2.75, 3.05) is 0 Å². The van der Waals surface area contributed by atoms with E-state index in [4.69, 9.17) is 10.3 Å². The summed E-state index contributed by atoms with van der Waals surface area (Å²) in [6, 6.07) is 13.7. The monoisotopic (exact) mass is 334 g/mol. The highest BCUT2D eigenvalue weighted by Crippen LogP contribution is 2.28.